The van der Waals surface area contributed by atoms with Gasteiger partial charge in [-0.2, -0.15) is 0 Å². The Labute approximate surface area is 113 Å². The highest BCUT2D eigenvalue weighted by atomic mass is 32.1. The molecule has 0 radical (unpaired) electrons. The summed E-state index contributed by atoms with van der Waals surface area (Å²) in [6.07, 6.45) is 2.59. The van der Waals surface area contributed by atoms with Crippen molar-refractivity contribution in [3.05, 3.63) is 30.1 Å². The lowest BCUT2D eigenvalue weighted by atomic mass is 10.0. The number of thiocarbonyl (C=S) groups is 1. The third kappa shape index (κ3) is 4.07. The molecule has 0 aliphatic rings. The Morgan fingerprint density at radius 3 is 2.83 bits per heavy atom. The highest BCUT2D eigenvalue weighted by Gasteiger charge is 2.27. The molecule has 0 bridgehead atoms. The topological polar surface area (TPSA) is 51.2 Å². The van der Waals surface area contributed by atoms with Crippen molar-refractivity contribution < 1.29 is 9.53 Å². The van der Waals surface area contributed by atoms with E-state index < -0.39 is 5.92 Å². The van der Waals surface area contributed by atoms with Crippen LogP contribution in [0.15, 0.2) is 24.4 Å². The predicted octanol–water partition coefficient (Wildman–Crippen LogP) is 2.06. The molecule has 1 N–H and O–H groups in total. The van der Waals surface area contributed by atoms with Gasteiger partial charge in [0.25, 0.3) is 0 Å². The Morgan fingerprint density at radius 2 is 2.28 bits per heavy atom. The fraction of sp³-hybridized carbons (Fsp3) is 0.462. The second-order valence-electron chi connectivity index (χ2n) is 3.73. The average molecular weight is 266 g/mol. The van der Waals surface area contributed by atoms with Crippen LogP contribution in [0.4, 0.5) is 0 Å². The molecular weight excluding hydrogens is 248 g/mol. The first-order valence-corrected chi connectivity index (χ1v) is 6.46. The minimum atomic E-state index is -0.618. The van der Waals surface area contributed by atoms with Crippen LogP contribution in [0.1, 0.15) is 31.9 Å². The summed E-state index contributed by atoms with van der Waals surface area (Å²) in [7, 11) is 0. The van der Waals surface area contributed by atoms with Crippen molar-refractivity contribution in [1.82, 2.24) is 10.3 Å². The van der Waals surface area contributed by atoms with Gasteiger partial charge in [-0.1, -0.05) is 25.2 Å². The maximum absolute atomic E-state index is 12.0. The minimum Gasteiger partial charge on any atom is -0.465 e. The Morgan fingerprint density at radius 1 is 1.50 bits per heavy atom. The minimum absolute atomic E-state index is 0.332. The highest BCUT2D eigenvalue weighted by molar-refractivity contribution is 7.80. The highest BCUT2D eigenvalue weighted by Crippen LogP contribution is 2.16. The van der Waals surface area contributed by atoms with E-state index in [1.165, 1.54) is 0 Å². The maximum Gasteiger partial charge on any atom is 0.321 e. The number of nitrogens with zero attached hydrogens (tertiary/aromatic N) is 1. The molecule has 1 aromatic rings. The number of ether oxygens (including phenoxy) is 1. The molecule has 0 aliphatic heterocycles. The van der Waals surface area contributed by atoms with Crippen LogP contribution in [0.5, 0.6) is 0 Å². The Kier molecular flexibility index (Phi) is 6.28. The first-order valence-electron chi connectivity index (χ1n) is 6.06. The smallest absolute Gasteiger partial charge is 0.321 e. The number of aromatic nitrogens is 1. The van der Waals surface area contributed by atoms with E-state index in [0.29, 0.717) is 17.3 Å². The molecule has 0 amide bonds. The lowest BCUT2D eigenvalue weighted by molar-refractivity contribution is -0.143. The van der Waals surface area contributed by atoms with Gasteiger partial charge in [0.05, 0.1) is 17.3 Å². The Balaban J connectivity index is 2.88. The van der Waals surface area contributed by atoms with Crippen LogP contribution in [-0.2, 0) is 9.53 Å². The molecule has 18 heavy (non-hydrogen) atoms. The largest absolute Gasteiger partial charge is 0.465 e. The number of pyridine rings is 1. The van der Waals surface area contributed by atoms with Crippen molar-refractivity contribution in [1.29, 1.82) is 0 Å². The van der Waals surface area contributed by atoms with Gasteiger partial charge in [-0.3, -0.25) is 9.78 Å². The van der Waals surface area contributed by atoms with Gasteiger partial charge in [0.2, 0.25) is 0 Å². The fourth-order valence-corrected chi connectivity index (χ4v) is 1.80. The van der Waals surface area contributed by atoms with Crippen LogP contribution in [0.3, 0.4) is 0 Å². The second kappa shape index (κ2) is 7.76. The molecule has 0 aromatic carbocycles. The maximum atomic E-state index is 12.0. The molecule has 0 spiro atoms. The molecule has 1 unspecified atom stereocenters. The zero-order valence-corrected chi connectivity index (χ0v) is 11.5. The van der Waals surface area contributed by atoms with E-state index in [1.807, 2.05) is 13.0 Å². The zero-order valence-electron chi connectivity index (χ0n) is 10.7. The van der Waals surface area contributed by atoms with E-state index in [4.69, 9.17) is 17.0 Å². The molecule has 5 heteroatoms. The lowest BCUT2D eigenvalue weighted by Crippen LogP contribution is -2.34. The van der Waals surface area contributed by atoms with Crippen LogP contribution >= 0.6 is 12.2 Å². The quantitative estimate of drug-likeness (QED) is 0.631. The van der Waals surface area contributed by atoms with E-state index in [2.05, 4.69) is 10.3 Å². The predicted molar refractivity (Wildman–Crippen MR) is 74.5 cm³/mol. The van der Waals surface area contributed by atoms with Crippen LogP contribution < -0.4 is 5.32 Å². The van der Waals surface area contributed by atoms with Gasteiger partial charge < -0.3 is 10.1 Å². The molecule has 4 nitrogen and oxygen atoms in total. The van der Waals surface area contributed by atoms with E-state index in [1.54, 1.807) is 25.3 Å². The van der Waals surface area contributed by atoms with Crippen molar-refractivity contribution in [2.75, 3.05) is 13.2 Å². The van der Waals surface area contributed by atoms with Gasteiger partial charge in [-0.25, -0.2) is 0 Å². The number of carbonyl (C=O) groups excluding carboxylic acids is 1. The molecule has 1 heterocycles. The number of esters is 1. The van der Waals surface area contributed by atoms with Crippen molar-refractivity contribution in [3.8, 4) is 0 Å². The van der Waals surface area contributed by atoms with Crippen LogP contribution in [0.25, 0.3) is 0 Å². The van der Waals surface area contributed by atoms with Gasteiger partial charge in [-0.05, 0) is 25.5 Å². The molecular formula is C13H18N2O2S. The van der Waals surface area contributed by atoms with Crippen LogP contribution in [0, 0.1) is 0 Å². The third-order valence-corrected chi connectivity index (χ3v) is 2.70. The normalized spacial score (nSPS) is 11.7. The molecule has 98 valence electrons. The SMILES string of the molecule is CCCNC(=S)C(C(=O)OCC)c1ccccn1. The summed E-state index contributed by atoms with van der Waals surface area (Å²) in [6.45, 7) is 4.88. The molecule has 1 atom stereocenters. The summed E-state index contributed by atoms with van der Waals surface area (Å²) in [5, 5.41) is 3.06. The lowest BCUT2D eigenvalue weighted by Gasteiger charge is -2.17. The molecule has 0 fully saturated rings. The standard InChI is InChI=1S/C13H18N2O2S/c1-3-8-15-12(18)11(13(16)17-4-2)10-7-5-6-9-14-10/h5-7,9,11H,3-4,8H2,1-2H3,(H,15,18). The number of hydrogen-bond donors (Lipinski definition) is 1. The van der Waals surface area contributed by atoms with Crippen LogP contribution in [0.2, 0.25) is 0 Å². The number of carbonyl (C=O) groups is 1. The van der Waals surface area contributed by atoms with Gasteiger partial charge in [0.1, 0.15) is 5.92 Å². The van der Waals surface area contributed by atoms with Gasteiger partial charge >= 0.3 is 5.97 Å². The summed E-state index contributed by atoms with van der Waals surface area (Å²) >= 11 is 5.26. The van der Waals surface area contributed by atoms with Crippen LogP contribution in [-0.4, -0.2) is 29.1 Å². The number of hydrogen-bond acceptors (Lipinski definition) is 4. The fourth-order valence-electron chi connectivity index (χ4n) is 1.48. The van der Waals surface area contributed by atoms with E-state index in [-0.39, 0.29) is 5.97 Å². The third-order valence-electron chi connectivity index (χ3n) is 2.32. The monoisotopic (exact) mass is 266 g/mol. The molecule has 1 rings (SSSR count). The van der Waals surface area contributed by atoms with Crippen molar-refractivity contribution in [3.63, 3.8) is 0 Å². The van der Waals surface area contributed by atoms with Gasteiger partial charge in [0, 0.05) is 12.7 Å². The van der Waals surface area contributed by atoms with E-state index in [0.717, 1.165) is 13.0 Å². The van der Waals surface area contributed by atoms with E-state index in [9.17, 15) is 4.79 Å². The van der Waals surface area contributed by atoms with Crippen molar-refractivity contribution >= 4 is 23.2 Å². The van der Waals surface area contributed by atoms with Gasteiger partial charge in [0.15, 0.2) is 0 Å². The van der Waals surface area contributed by atoms with Gasteiger partial charge in [-0.15, -0.1) is 0 Å². The Hall–Kier alpha value is -1.49. The summed E-state index contributed by atoms with van der Waals surface area (Å²) in [5.41, 5.74) is 0.615. The summed E-state index contributed by atoms with van der Waals surface area (Å²) in [4.78, 5) is 16.6. The second-order valence-corrected chi connectivity index (χ2v) is 4.17. The summed E-state index contributed by atoms with van der Waals surface area (Å²) < 4.78 is 5.05. The average Bonchev–Trinajstić information content (AvgIpc) is 2.38. The summed E-state index contributed by atoms with van der Waals surface area (Å²) in [6, 6.07) is 5.41. The summed E-state index contributed by atoms with van der Waals surface area (Å²) in [5.74, 6) is -0.975. The van der Waals surface area contributed by atoms with Crippen molar-refractivity contribution in [2.45, 2.75) is 26.2 Å². The number of nitrogens with one attached hydrogen (secondary N) is 1. The zero-order chi connectivity index (χ0) is 13.4. The first-order chi connectivity index (χ1) is 8.70. The molecule has 0 aliphatic carbocycles. The molecule has 0 saturated carbocycles. The number of rotatable bonds is 6. The van der Waals surface area contributed by atoms with E-state index >= 15 is 0 Å². The molecule has 1 aromatic heterocycles. The molecule has 0 saturated heterocycles. The van der Waals surface area contributed by atoms with Crippen molar-refractivity contribution in [2.24, 2.45) is 0 Å². The first kappa shape index (κ1) is 14.6. The Bertz CT molecular complexity index is 395.